The number of hydrogen-bond donors (Lipinski definition) is 1. The van der Waals surface area contributed by atoms with Gasteiger partial charge in [0, 0.05) is 6.42 Å². The Labute approximate surface area is 74.7 Å². The quantitative estimate of drug-likeness (QED) is 0.737. The first-order chi connectivity index (χ1) is 5.56. The van der Waals surface area contributed by atoms with Crippen LogP contribution in [0.4, 0.5) is 13.2 Å². The first-order valence-electron chi connectivity index (χ1n) is 3.60. The lowest BCUT2D eigenvalue weighted by Gasteiger charge is -2.26. The Bertz CT molecular complexity index is 271. The van der Waals surface area contributed by atoms with Crippen molar-refractivity contribution in [1.29, 1.82) is 0 Å². The van der Waals surface area contributed by atoms with Crippen LogP contribution in [-0.2, 0) is 10.1 Å². The maximum atomic E-state index is 13.0. The zero-order valence-electron chi connectivity index (χ0n) is 7.22. The summed E-state index contributed by atoms with van der Waals surface area (Å²) in [6.07, 6.45) is -1.01. The Balaban J connectivity index is 5.04. The number of hydrogen-bond acceptors (Lipinski definition) is 2. The molecule has 0 bridgehead atoms. The summed E-state index contributed by atoms with van der Waals surface area (Å²) in [5, 5.41) is -3.92. The Morgan fingerprint density at radius 2 is 1.69 bits per heavy atom. The van der Waals surface area contributed by atoms with E-state index in [1.807, 2.05) is 0 Å². The normalized spacial score (nSPS) is 18.3. The molecule has 13 heavy (non-hydrogen) atoms. The minimum absolute atomic E-state index is 0.0813. The van der Waals surface area contributed by atoms with Gasteiger partial charge in [-0.05, 0) is 6.92 Å². The molecule has 0 amide bonds. The van der Waals surface area contributed by atoms with Gasteiger partial charge in [-0.15, -0.1) is 0 Å². The van der Waals surface area contributed by atoms with Crippen molar-refractivity contribution < 1.29 is 26.1 Å². The van der Waals surface area contributed by atoms with E-state index < -0.39 is 27.5 Å². The molecule has 0 aliphatic heterocycles. The molecule has 1 N–H and O–H groups in total. The molecule has 80 valence electrons. The fourth-order valence-corrected chi connectivity index (χ4v) is 1.21. The molecule has 3 nitrogen and oxygen atoms in total. The summed E-state index contributed by atoms with van der Waals surface area (Å²) in [5.74, 6) is -4.07. The Kier molecular flexibility index (Phi) is 3.37. The van der Waals surface area contributed by atoms with E-state index >= 15 is 0 Å². The van der Waals surface area contributed by atoms with Crippen LogP contribution in [0.3, 0.4) is 0 Å². The lowest BCUT2D eigenvalue weighted by Crippen LogP contribution is -2.47. The van der Waals surface area contributed by atoms with Crippen LogP contribution in [0.2, 0.25) is 0 Å². The number of rotatable bonds is 4. The van der Waals surface area contributed by atoms with E-state index in [2.05, 4.69) is 0 Å². The van der Waals surface area contributed by atoms with Gasteiger partial charge < -0.3 is 0 Å². The summed E-state index contributed by atoms with van der Waals surface area (Å²) in [7, 11) is -5.40. The van der Waals surface area contributed by atoms with Crippen molar-refractivity contribution in [2.45, 2.75) is 37.6 Å². The zero-order chi connectivity index (χ0) is 10.9. The average molecular weight is 220 g/mol. The first-order valence-corrected chi connectivity index (χ1v) is 5.04. The van der Waals surface area contributed by atoms with Gasteiger partial charge in [-0.2, -0.15) is 8.42 Å². The van der Waals surface area contributed by atoms with Crippen LogP contribution in [0.25, 0.3) is 0 Å². The molecule has 7 heteroatoms. The predicted octanol–water partition coefficient (Wildman–Crippen LogP) is 2.00. The van der Waals surface area contributed by atoms with Gasteiger partial charge in [-0.1, -0.05) is 13.3 Å². The van der Waals surface area contributed by atoms with Gasteiger partial charge in [-0.3, -0.25) is 4.55 Å². The van der Waals surface area contributed by atoms with Crippen molar-refractivity contribution >= 4 is 10.1 Å². The molecular weight excluding hydrogens is 209 g/mol. The summed E-state index contributed by atoms with van der Waals surface area (Å²) in [6.45, 7) is 1.51. The summed E-state index contributed by atoms with van der Waals surface area (Å²) in [6, 6.07) is 0. The highest BCUT2D eigenvalue weighted by Crippen LogP contribution is 2.39. The molecule has 1 atom stereocenters. The lowest BCUT2D eigenvalue weighted by molar-refractivity contribution is -0.0957. The average Bonchev–Trinajstić information content (AvgIpc) is 1.84. The lowest BCUT2D eigenvalue weighted by atomic mass is 10.1. The van der Waals surface area contributed by atoms with E-state index in [1.165, 1.54) is 6.92 Å². The smallest absolute Gasteiger partial charge is 0.283 e. The second-order valence-corrected chi connectivity index (χ2v) is 4.56. The van der Waals surface area contributed by atoms with Crippen LogP contribution < -0.4 is 0 Å². The van der Waals surface area contributed by atoms with Crippen molar-refractivity contribution in [2.24, 2.45) is 0 Å². The maximum Gasteiger partial charge on any atom is 0.306 e. The molecule has 0 aliphatic carbocycles. The second kappa shape index (κ2) is 3.45. The Morgan fingerprint density at radius 3 is 1.92 bits per heavy atom. The minimum Gasteiger partial charge on any atom is -0.283 e. The van der Waals surface area contributed by atoms with Crippen LogP contribution in [0.5, 0.6) is 0 Å². The summed E-state index contributed by atoms with van der Waals surface area (Å²) in [4.78, 5) is 0. The zero-order valence-corrected chi connectivity index (χ0v) is 8.04. The van der Waals surface area contributed by atoms with Crippen LogP contribution in [0.15, 0.2) is 0 Å². The highest BCUT2D eigenvalue weighted by molar-refractivity contribution is 7.87. The van der Waals surface area contributed by atoms with Crippen LogP contribution in [-0.4, -0.2) is 23.9 Å². The fraction of sp³-hybridized carbons (Fsp3) is 1.00. The third kappa shape index (κ3) is 2.34. The Morgan fingerprint density at radius 1 is 1.31 bits per heavy atom. The van der Waals surface area contributed by atoms with Crippen molar-refractivity contribution in [2.75, 3.05) is 0 Å². The number of alkyl halides is 3. The van der Waals surface area contributed by atoms with E-state index in [9.17, 15) is 21.6 Å². The van der Waals surface area contributed by atoms with Gasteiger partial charge in [0.15, 0.2) is 0 Å². The molecule has 0 radical (unpaired) electrons. The first kappa shape index (κ1) is 12.7. The molecule has 0 fully saturated rings. The summed E-state index contributed by atoms with van der Waals surface area (Å²) < 4.78 is 67.3. The van der Waals surface area contributed by atoms with Gasteiger partial charge in [0.05, 0.1) is 0 Å². The molecule has 0 aromatic carbocycles. The third-order valence-electron chi connectivity index (χ3n) is 1.70. The molecule has 0 aromatic heterocycles. The van der Waals surface area contributed by atoms with Crippen molar-refractivity contribution in [1.82, 2.24) is 0 Å². The van der Waals surface area contributed by atoms with Crippen molar-refractivity contribution in [3.05, 3.63) is 0 Å². The van der Waals surface area contributed by atoms with Crippen molar-refractivity contribution in [3.63, 3.8) is 0 Å². The van der Waals surface area contributed by atoms with E-state index in [-0.39, 0.29) is 13.3 Å². The van der Waals surface area contributed by atoms with Gasteiger partial charge in [0.25, 0.3) is 10.9 Å². The van der Waals surface area contributed by atoms with Gasteiger partial charge in [0.2, 0.25) is 0 Å². The largest absolute Gasteiger partial charge is 0.306 e. The van der Waals surface area contributed by atoms with Crippen molar-refractivity contribution in [3.8, 4) is 0 Å². The molecule has 0 aliphatic rings. The highest BCUT2D eigenvalue weighted by Gasteiger charge is 2.59. The third-order valence-corrected chi connectivity index (χ3v) is 2.97. The predicted molar refractivity (Wildman–Crippen MR) is 40.9 cm³/mol. The fourth-order valence-electron chi connectivity index (χ4n) is 0.726. The molecule has 0 unspecified atom stereocenters. The molecule has 0 saturated heterocycles. The SMILES string of the molecule is CCCC(F)(F)[C@@](C)(F)S(=O)(=O)O. The van der Waals surface area contributed by atoms with E-state index in [1.54, 1.807) is 0 Å². The molecule has 0 rings (SSSR count). The maximum absolute atomic E-state index is 13.0. The number of halogens is 3. The summed E-state index contributed by atoms with van der Waals surface area (Å²) in [5.41, 5.74) is 0. The minimum atomic E-state index is -5.40. The monoisotopic (exact) mass is 220 g/mol. The van der Waals surface area contributed by atoms with Gasteiger partial charge >= 0.3 is 10.1 Å². The topological polar surface area (TPSA) is 54.4 Å². The van der Waals surface area contributed by atoms with Crippen LogP contribution in [0.1, 0.15) is 26.7 Å². The molecule has 0 saturated carbocycles. The highest BCUT2D eigenvalue weighted by atomic mass is 32.2. The van der Waals surface area contributed by atoms with Gasteiger partial charge in [0.1, 0.15) is 0 Å². The molecule has 0 spiro atoms. The molecule has 0 aromatic rings. The second-order valence-electron chi connectivity index (χ2n) is 2.85. The van der Waals surface area contributed by atoms with E-state index in [0.29, 0.717) is 0 Å². The Hall–Kier alpha value is -0.300. The van der Waals surface area contributed by atoms with Crippen LogP contribution in [0, 0.1) is 0 Å². The van der Waals surface area contributed by atoms with E-state index in [4.69, 9.17) is 4.55 Å². The van der Waals surface area contributed by atoms with Crippen LogP contribution >= 0.6 is 0 Å². The van der Waals surface area contributed by atoms with Gasteiger partial charge in [-0.25, -0.2) is 13.2 Å². The molecule has 0 heterocycles. The summed E-state index contributed by atoms with van der Waals surface area (Å²) >= 11 is 0. The standard InChI is InChI=1S/C6H11F3O3S/c1-3-4-6(8,9)5(2,7)13(10,11)12/h3-4H2,1-2H3,(H,10,11,12)/t5-/m0/s1. The van der Waals surface area contributed by atoms with E-state index in [0.717, 1.165) is 0 Å². The molecular formula is C6H11F3O3S.